The molecule has 2 heterocycles. The van der Waals surface area contributed by atoms with Gasteiger partial charge in [-0.05, 0) is 18.1 Å². The van der Waals surface area contributed by atoms with Crippen molar-refractivity contribution in [3.8, 4) is 0 Å². The first-order chi connectivity index (χ1) is 13.5. The van der Waals surface area contributed by atoms with Gasteiger partial charge in [0.15, 0.2) is 12.1 Å². The number of amides is 1. The predicted octanol–water partition coefficient (Wildman–Crippen LogP) is 3.05. The van der Waals surface area contributed by atoms with Crippen LogP contribution in [0.25, 0.3) is 5.53 Å². The van der Waals surface area contributed by atoms with Gasteiger partial charge in [-0.2, -0.15) is 4.79 Å². The van der Waals surface area contributed by atoms with E-state index < -0.39 is 22.9 Å². The lowest BCUT2D eigenvalue weighted by molar-refractivity contribution is -0.163. The molecule has 0 saturated carbocycles. The number of fused-ring (bicyclic) bond motifs is 1. The maximum absolute atomic E-state index is 13.3. The molecule has 0 aliphatic carbocycles. The Morgan fingerprint density at radius 2 is 1.79 bits per heavy atom. The number of hydrogen-bond donors (Lipinski definition) is 0. The molecule has 2 aromatic carbocycles. The fraction of sp³-hybridized carbons (Fsp3) is 0.286. The number of esters is 1. The van der Waals surface area contributed by atoms with Crippen molar-refractivity contribution in [2.24, 2.45) is 0 Å². The molecule has 6 nitrogen and oxygen atoms in total. The standard InChI is InChI=1S/C21H19N3O3S/c1-21(13-23-22)19(24-16(25)12-17(24)28-21)20(26)27-18(14-8-4-2-5-9-14)15-10-6-3-7-11-15/h2-11,13,17-19H,12H2,1H3/t17-,19+,21?/m1/s1. The van der Waals surface area contributed by atoms with Crippen LogP contribution in [0, 0.1) is 0 Å². The third-order valence-electron chi connectivity index (χ3n) is 5.13. The Balaban J connectivity index is 1.67. The molecule has 2 aliphatic heterocycles. The van der Waals surface area contributed by atoms with Gasteiger partial charge >= 0.3 is 5.97 Å². The number of benzene rings is 2. The van der Waals surface area contributed by atoms with Crippen molar-refractivity contribution >= 4 is 29.9 Å². The van der Waals surface area contributed by atoms with Gasteiger partial charge in [-0.25, -0.2) is 4.79 Å². The van der Waals surface area contributed by atoms with Gasteiger partial charge in [0.05, 0.1) is 11.8 Å². The number of nitrogens with zero attached hydrogens (tertiary/aromatic N) is 3. The van der Waals surface area contributed by atoms with Crippen LogP contribution in [0.5, 0.6) is 0 Å². The average Bonchev–Trinajstić information content (AvgIpc) is 2.94. The van der Waals surface area contributed by atoms with Gasteiger partial charge in [0.25, 0.3) is 6.21 Å². The number of rotatable bonds is 5. The van der Waals surface area contributed by atoms with Gasteiger partial charge in [0.1, 0.15) is 4.75 Å². The summed E-state index contributed by atoms with van der Waals surface area (Å²) in [4.78, 5) is 30.1. The molecule has 0 N–H and O–H groups in total. The zero-order valence-electron chi connectivity index (χ0n) is 15.3. The molecule has 4 rings (SSSR count). The summed E-state index contributed by atoms with van der Waals surface area (Å²) in [5.41, 5.74) is 10.8. The van der Waals surface area contributed by atoms with Crippen LogP contribution in [0.15, 0.2) is 60.7 Å². The van der Waals surface area contributed by atoms with Crippen LogP contribution in [0.1, 0.15) is 30.6 Å². The third kappa shape index (κ3) is 3.13. The molecule has 3 atom stereocenters. The van der Waals surface area contributed by atoms with E-state index in [-0.39, 0.29) is 11.3 Å². The highest BCUT2D eigenvalue weighted by molar-refractivity contribution is 8.02. The van der Waals surface area contributed by atoms with Crippen LogP contribution in [-0.4, -0.2) is 43.9 Å². The Bertz CT molecular complexity index is 906. The molecule has 7 heteroatoms. The summed E-state index contributed by atoms with van der Waals surface area (Å²) in [7, 11) is 0. The smallest absolute Gasteiger partial charge is 0.331 e. The highest BCUT2D eigenvalue weighted by Gasteiger charge is 2.63. The van der Waals surface area contributed by atoms with E-state index in [1.54, 1.807) is 11.8 Å². The molecule has 0 bridgehead atoms. The zero-order valence-corrected chi connectivity index (χ0v) is 16.1. The SMILES string of the molecule is CC1(C=[N+]=[N-])S[C@@H]2CC(=O)N2[C@H]1C(=O)OC(c1ccccc1)c1ccccc1. The van der Waals surface area contributed by atoms with E-state index in [0.717, 1.165) is 11.1 Å². The average molecular weight is 393 g/mol. The molecule has 1 amide bonds. The Hall–Kier alpha value is -2.89. The van der Waals surface area contributed by atoms with Gasteiger partial charge in [-0.1, -0.05) is 60.7 Å². The molecule has 0 radical (unpaired) electrons. The Morgan fingerprint density at radius 3 is 2.29 bits per heavy atom. The number of hydrogen-bond acceptors (Lipinski definition) is 4. The fourth-order valence-corrected chi connectivity index (χ4v) is 5.38. The van der Waals surface area contributed by atoms with Crippen LogP contribution in [-0.2, 0) is 14.3 Å². The van der Waals surface area contributed by atoms with E-state index in [4.69, 9.17) is 10.3 Å². The van der Waals surface area contributed by atoms with E-state index in [0.29, 0.717) is 6.42 Å². The van der Waals surface area contributed by atoms with Gasteiger partial charge in [-0.3, -0.25) is 4.79 Å². The van der Waals surface area contributed by atoms with Crippen molar-refractivity contribution in [2.75, 3.05) is 0 Å². The maximum atomic E-state index is 13.3. The summed E-state index contributed by atoms with van der Waals surface area (Å²) in [5.74, 6) is -0.603. The lowest BCUT2D eigenvalue weighted by Gasteiger charge is -2.37. The number of carbonyl (C=O) groups is 2. The van der Waals surface area contributed by atoms with Crippen LogP contribution in [0.4, 0.5) is 0 Å². The molecule has 2 aliphatic rings. The van der Waals surface area contributed by atoms with Crippen LogP contribution in [0.3, 0.4) is 0 Å². The second-order valence-corrected chi connectivity index (χ2v) is 8.71. The third-order valence-corrected chi connectivity index (χ3v) is 6.64. The quantitative estimate of drug-likeness (QED) is 0.257. The molecule has 2 fully saturated rings. The lowest BCUT2D eigenvalue weighted by atomic mass is 9.96. The van der Waals surface area contributed by atoms with Crippen LogP contribution in [0.2, 0.25) is 0 Å². The summed E-state index contributed by atoms with van der Waals surface area (Å²) >= 11 is 1.44. The largest absolute Gasteiger partial charge is 0.451 e. The van der Waals surface area contributed by atoms with Crippen LogP contribution >= 0.6 is 11.8 Å². The van der Waals surface area contributed by atoms with Crippen molar-refractivity contribution in [1.29, 1.82) is 0 Å². The highest BCUT2D eigenvalue weighted by atomic mass is 32.2. The molecule has 142 valence electrons. The van der Waals surface area contributed by atoms with E-state index in [1.807, 2.05) is 60.7 Å². The molecule has 28 heavy (non-hydrogen) atoms. The summed E-state index contributed by atoms with van der Waals surface area (Å²) in [6.07, 6.45) is 1.10. The maximum Gasteiger partial charge on any atom is 0.331 e. The van der Waals surface area contributed by atoms with Gasteiger partial charge < -0.3 is 15.2 Å². The monoisotopic (exact) mass is 393 g/mol. The summed E-state index contributed by atoms with van der Waals surface area (Å²) in [6, 6.07) is 18.1. The Kier molecular flexibility index (Phi) is 4.79. The van der Waals surface area contributed by atoms with Crippen molar-refractivity contribution in [3.05, 3.63) is 77.3 Å². The normalized spacial score (nSPS) is 25.6. The molecule has 2 aromatic rings. The van der Waals surface area contributed by atoms with E-state index in [2.05, 4.69) is 4.79 Å². The summed E-state index contributed by atoms with van der Waals surface area (Å²) < 4.78 is 5.11. The van der Waals surface area contributed by atoms with E-state index in [9.17, 15) is 9.59 Å². The van der Waals surface area contributed by atoms with Crippen molar-refractivity contribution in [1.82, 2.24) is 4.90 Å². The highest BCUT2D eigenvalue weighted by Crippen LogP contribution is 2.50. The van der Waals surface area contributed by atoms with Crippen molar-refractivity contribution < 1.29 is 19.1 Å². The van der Waals surface area contributed by atoms with Gasteiger partial charge in [0.2, 0.25) is 5.91 Å². The van der Waals surface area contributed by atoms with Gasteiger partial charge in [-0.15, -0.1) is 11.8 Å². The molecule has 1 unspecified atom stereocenters. The van der Waals surface area contributed by atoms with Crippen molar-refractivity contribution in [3.63, 3.8) is 0 Å². The second-order valence-electron chi connectivity index (χ2n) is 7.05. The molecule has 0 aromatic heterocycles. The summed E-state index contributed by atoms with van der Waals surface area (Å²) in [6.45, 7) is 1.79. The minimum Gasteiger partial charge on any atom is -0.451 e. The van der Waals surface area contributed by atoms with Crippen molar-refractivity contribution in [2.45, 2.75) is 35.6 Å². The zero-order chi connectivity index (χ0) is 19.7. The first kappa shape index (κ1) is 18.5. The second kappa shape index (κ2) is 7.26. The minimum atomic E-state index is -0.847. The molecule has 0 spiro atoms. The van der Waals surface area contributed by atoms with E-state index in [1.165, 1.54) is 18.0 Å². The first-order valence-electron chi connectivity index (χ1n) is 9.01. The molecule has 2 saturated heterocycles. The van der Waals surface area contributed by atoms with Gasteiger partial charge in [0, 0.05) is 0 Å². The number of thioether (sulfide) groups is 1. The first-order valence-corrected chi connectivity index (χ1v) is 9.89. The van der Waals surface area contributed by atoms with Crippen LogP contribution < -0.4 is 0 Å². The predicted molar refractivity (Wildman–Crippen MR) is 106 cm³/mol. The molecular formula is C21H19N3O3S. The lowest BCUT2D eigenvalue weighted by Crippen LogP contribution is -2.58. The minimum absolute atomic E-state index is 0.0921. The fourth-order valence-electron chi connectivity index (χ4n) is 3.77. The van der Waals surface area contributed by atoms with E-state index >= 15 is 0 Å². The molecular weight excluding hydrogens is 374 g/mol. The number of ether oxygens (including phenoxy) is 1. The topological polar surface area (TPSA) is 83.0 Å². The summed E-state index contributed by atoms with van der Waals surface area (Å²) in [5, 5.41) is -0.0973. The Labute approximate surface area is 167 Å². The Morgan fingerprint density at radius 1 is 1.21 bits per heavy atom. The number of carbonyl (C=O) groups excluding carboxylic acids is 2. The number of β-lactam (4-membered cyclic amide) rings is 1.